The number of carbonyl (C=O) groups is 1. The molecule has 0 bridgehead atoms. The van der Waals surface area contributed by atoms with E-state index in [0.29, 0.717) is 18.8 Å². The summed E-state index contributed by atoms with van der Waals surface area (Å²) in [5.41, 5.74) is 8.55. The molecule has 0 saturated carbocycles. The summed E-state index contributed by atoms with van der Waals surface area (Å²) < 4.78 is 1.06. The summed E-state index contributed by atoms with van der Waals surface area (Å²) in [6.07, 6.45) is 0.883. The third-order valence-electron chi connectivity index (χ3n) is 3.45. The maximum Gasteiger partial charge on any atom is 0.273 e. The zero-order valence-corrected chi connectivity index (χ0v) is 13.2. The quantitative estimate of drug-likeness (QED) is 0.904. The number of rotatable bonds is 2. The standard InChI is InChI=1S/C14H14BrN3OS/c15-11-3-1-2-9-4-5-18(7-10(9)11)14(19)12-8-20-13(6-16)17-12/h1-3,8H,4-7,16H2. The van der Waals surface area contributed by atoms with Crippen LogP contribution in [-0.4, -0.2) is 22.3 Å². The van der Waals surface area contributed by atoms with Gasteiger partial charge in [0.1, 0.15) is 10.7 Å². The van der Waals surface area contributed by atoms with Gasteiger partial charge in [-0.05, 0) is 23.6 Å². The molecular weight excluding hydrogens is 338 g/mol. The van der Waals surface area contributed by atoms with Crippen molar-refractivity contribution in [2.75, 3.05) is 6.54 Å². The van der Waals surface area contributed by atoms with E-state index in [-0.39, 0.29) is 5.91 Å². The zero-order valence-electron chi connectivity index (χ0n) is 10.8. The first-order chi connectivity index (χ1) is 9.69. The van der Waals surface area contributed by atoms with Crippen molar-refractivity contribution >= 4 is 33.2 Å². The lowest BCUT2D eigenvalue weighted by Gasteiger charge is -2.29. The van der Waals surface area contributed by atoms with Crippen molar-refractivity contribution in [3.63, 3.8) is 0 Å². The molecule has 0 atom stereocenters. The number of nitrogens with two attached hydrogens (primary N) is 1. The van der Waals surface area contributed by atoms with Gasteiger partial charge in [0.15, 0.2) is 0 Å². The molecule has 2 aromatic rings. The molecule has 0 fully saturated rings. The average molecular weight is 352 g/mol. The molecule has 104 valence electrons. The molecule has 0 unspecified atom stereocenters. The van der Waals surface area contributed by atoms with Crippen molar-refractivity contribution < 1.29 is 4.79 Å². The minimum Gasteiger partial charge on any atom is -0.333 e. The second kappa shape index (κ2) is 5.63. The Hall–Kier alpha value is -1.24. The smallest absolute Gasteiger partial charge is 0.273 e. The summed E-state index contributed by atoms with van der Waals surface area (Å²) in [6.45, 7) is 1.75. The van der Waals surface area contributed by atoms with Crippen molar-refractivity contribution in [2.24, 2.45) is 5.73 Å². The summed E-state index contributed by atoms with van der Waals surface area (Å²) >= 11 is 5.00. The van der Waals surface area contributed by atoms with E-state index in [1.807, 2.05) is 17.0 Å². The highest BCUT2D eigenvalue weighted by Gasteiger charge is 2.24. The highest BCUT2D eigenvalue weighted by Crippen LogP contribution is 2.27. The van der Waals surface area contributed by atoms with Crippen LogP contribution < -0.4 is 5.73 Å². The minimum atomic E-state index is -0.0117. The highest BCUT2D eigenvalue weighted by atomic mass is 79.9. The van der Waals surface area contributed by atoms with Crippen LogP contribution in [0.15, 0.2) is 28.1 Å². The number of thiazole rings is 1. The highest BCUT2D eigenvalue weighted by molar-refractivity contribution is 9.10. The Kier molecular flexibility index (Phi) is 3.87. The van der Waals surface area contributed by atoms with Crippen LogP contribution in [0.2, 0.25) is 0 Å². The van der Waals surface area contributed by atoms with Crippen molar-refractivity contribution in [1.29, 1.82) is 0 Å². The molecule has 0 saturated heterocycles. The van der Waals surface area contributed by atoms with E-state index in [1.165, 1.54) is 22.5 Å². The van der Waals surface area contributed by atoms with Crippen molar-refractivity contribution in [2.45, 2.75) is 19.5 Å². The van der Waals surface area contributed by atoms with E-state index in [0.717, 1.165) is 22.4 Å². The van der Waals surface area contributed by atoms with Crippen LogP contribution in [0.25, 0.3) is 0 Å². The fourth-order valence-electron chi connectivity index (χ4n) is 2.38. The second-order valence-electron chi connectivity index (χ2n) is 4.68. The van der Waals surface area contributed by atoms with E-state index < -0.39 is 0 Å². The molecule has 1 aromatic heterocycles. The number of amides is 1. The van der Waals surface area contributed by atoms with Crippen molar-refractivity contribution in [1.82, 2.24) is 9.88 Å². The van der Waals surface area contributed by atoms with Crippen LogP contribution in [0, 0.1) is 0 Å². The summed E-state index contributed by atoms with van der Waals surface area (Å²) in [6, 6.07) is 6.17. The molecule has 2 heterocycles. The lowest BCUT2D eigenvalue weighted by molar-refractivity contribution is 0.0729. The molecule has 0 aliphatic carbocycles. The van der Waals surface area contributed by atoms with Crippen LogP contribution in [0.4, 0.5) is 0 Å². The maximum atomic E-state index is 12.5. The SMILES string of the molecule is NCc1nc(C(=O)N2CCc3cccc(Br)c3C2)cs1. The van der Waals surface area contributed by atoms with Gasteiger partial charge in [0.05, 0.1) is 0 Å². The van der Waals surface area contributed by atoms with Gasteiger partial charge in [-0.15, -0.1) is 11.3 Å². The number of aromatic nitrogens is 1. The number of carbonyl (C=O) groups excluding carboxylic acids is 1. The second-order valence-corrected chi connectivity index (χ2v) is 6.48. The fourth-order valence-corrected chi connectivity index (χ4v) is 3.56. The summed E-state index contributed by atoms with van der Waals surface area (Å²) in [5, 5.41) is 2.59. The zero-order chi connectivity index (χ0) is 14.1. The third kappa shape index (κ3) is 2.51. The normalized spacial score (nSPS) is 14.2. The Morgan fingerprint density at radius 1 is 1.50 bits per heavy atom. The average Bonchev–Trinajstić information content (AvgIpc) is 2.95. The summed E-state index contributed by atoms with van der Waals surface area (Å²) in [5.74, 6) is -0.0117. The fraction of sp³-hybridized carbons (Fsp3) is 0.286. The molecule has 1 amide bonds. The minimum absolute atomic E-state index is 0.0117. The number of benzene rings is 1. The number of nitrogens with zero attached hydrogens (tertiary/aromatic N) is 2. The van der Waals surface area contributed by atoms with E-state index in [4.69, 9.17) is 5.73 Å². The Balaban J connectivity index is 1.83. The number of fused-ring (bicyclic) bond motifs is 1. The predicted octanol–water partition coefficient (Wildman–Crippen LogP) is 2.56. The van der Waals surface area contributed by atoms with Gasteiger partial charge in [0, 0.05) is 29.5 Å². The van der Waals surface area contributed by atoms with E-state index >= 15 is 0 Å². The predicted molar refractivity (Wildman–Crippen MR) is 82.6 cm³/mol. The third-order valence-corrected chi connectivity index (χ3v) is 5.06. The monoisotopic (exact) mass is 351 g/mol. The van der Waals surface area contributed by atoms with Crippen LogP contribution in [0.5, 0.6) is 0 Å². The van der Waals surface area contributed by atoms with Gasteiger partial charge >= 0.3 is 0 Å². The molecule has 20 heavy (non-hydrogen) atoms. The van der Waals surface area contributed by atoms with Gasteiger partial charge < -0.3 is 10.6 Å². The molecule has 0 radical (unpaired) electrons. The lowest BCUT2D eigenvalue weighted by Crippen LogP contribution is -2.36. The maximum absolute atomic E-state index is 12.5. The van der Waals surface area contributed by atoms with Gasteiger partial charge in [-0.2, -0.15) is 0 Å². The molecule has 1 aromatic carbocycles. The molecular formula is C14H14BrN3OS. The van der Waals surface area contributed by atoms with Gasteiger partial charge in [0.2, 0.25) is 0 Å². The Labute approximate surface area is 129 Å². The van der Waals surface area contributed by atoms with Crippen LogP contribution in [-0.2, 0) is 19.5 Å². The molecule has 3 rings (SSSR count). The first-order valence-corrected chi connectivity index (χ1v) is 8.06. The Bertz CT molecular complexity index is 656. The summed E-state index contributed by atoms with van der Waals surface area (Å²) in [4.78, 5) is 18.6. The van der Waals surface area contributed by atoms with Gasteiger partial charge in [0.25, 0.3) is 5.91 Å². The topological polar surface area (TPSA) is 59.2 Å². The van der Waals surface area contributed by atoms with Crippen LogP contribution >= 0.6 is 27.3 Å². The first kappa shape index (κ1) is 13.7. The molecule has 4 nitrogen and oxygen atoms in total. The summed E-state index contributed by atoms with van der Waals surface area (Å²) in [7, 11) is 0. The Morgan fingerprint density at radius 2 is 2.35 bits per heavy atom. The van der Waals surface area contributed by atoms with Gasteiger partial charge in [-0.1, -0.05) is 28.1 Å². The lowest BCUT2D eigenvalue weighted by atomic mass is 10.00. The molecule has 6 heteroatoms. The van der Waals surface area contributed by atoms with Crippen molar-refractivity contribution in [3.05, 3.63) is 49.9 Å². The number of hydrogen-bond donors (Lipinski definition) is 1. The Morgan fingerprint density at radius 3 is 3.10 bits per heavy atom. The van der Waals surface area contributed by atoms with E-state index in [9.17, 15) is 4.79 Å². The van der Waals surface area contributed by atoms with Crippen molar-refractivity contribution in [3.8, 4) is 0 Å². The first-order valence-electron chi connectivity index (χ1n) is 6.39. The molecule has 1 aliphatic heterocycles. The van der Waals surface area contributed by atoms with Gasteiger partial charge in [-0.25, -0.2) is 4.98 Å². The molecule has 2 N–H and O–H groups in total. The number of hydrogen-bond acceptors (Lipinski definition) is 4. The van der Waals surface area contributed by atoms with Gasteiger partial charge in [-0.3, -0.25) is 4.79 Å². The number of halogens is 1. The van der Waals surface area contributed by atoms with E-state index in [1.54, 1.807) is 5.38 Å². The largest absolute Gasteiger partial charge is 0.333 e. The van der Waals surface area contributed by atoms with Crippen LogP contribution in [0.1, 0.15) is 26.6 Å². The molecule has 0 spiro atoms. The van der Waals surface area contributed by atoms with E-state index in [2.05, 4.69) is 27.0 Å². The van der Waals surface area contributed by atoms with Crippen LogP contribution in [0.3, 0.4) is 0 Å². The molecule has 1 aliphatic rings.